The fourth-order valence-electron chi connectivity index (χ4n) is 3.14. The number of hydrogen-bond acceptors (Lipinski definition) is 14. The number of carboxylic acids is 1. The molecule has 196 valence electrons. The van der Waals surface area contributed by atoms with E-state index in [-0.39, 0.29) is 0 Å². The van der Waals surface area contributed by atoms with Gasteiger partial charge in [0.05, 0.1) is 6.61 Å². The molecule has 20 heteroatoms. The SMILES string of the molecule is CC(=O)N[C@@H]1[C@@H](O[C@@H]2OC(C(=O)O)=C[C@H](O)[C@H]2OS(=O)(=O)O)[C@@H](OS(=O)(=O)O)[C@@H](CO)O[C@@H]1O. The smallest absolute Gasteiger partial charge is 0.397 e. The van der Waals surface area contributed by atoms with Gasteiger partial charge in [-0.15, -0.1) is 0 Å². The van der Waals surface area contributed by atoms with Gasteiger partial charge in [0.1, 0.15) is 30.5 Å². The van der Waals surface area contributed by atoms with E-state index >= 15 is 0 Å². The third-order valence-corrected chi connectivity index (χ3v) is 5.28. The first-order valence-corrected chi connectivity index (χ1v) is 11.7. The molecule has 0 aliphatic carbocycles. The van der Waals surface area contributed by atoms with Crippen molar-refractivity contribution in [3.63, 3.8) is 0 Å². The van der Waals surface area contributed by atoms with E-state index in [4.69, 9.17) is 28.4 Å². The third kappa shape index (κ3) is 7.51. The third-order valence-electron chi connectivity index (χ3n) is 4.35. The highest BCUT2D eigenvalue weighted by Gasteiger charge is 2.52. The highest BCUT2D eigenvalue weighted by molar-refractivity contribution is 7.81. The molecule has 1 amide bonds. The summed E-state index contributed by atoms with van der Waals surface area (Å²) in [6, 6.07) is -1.77. The van der Waals surface area contributed by atoms with Crippen molar-refractivity contribution in [3.05, 3.63) is 11.8 Å². The molecule has 2 aliphatic heterocycles. The lowest BCUT2D eigenvalue weighted by atomic mass is 9.96. The zero-order chi connectivity index (χ0) is 26.0. The fraction of sp³-hybridized carbons (Fsp3) is 0.714. The number of aliphatic hydroxyl groups is 3. The predicted octanol–water partition coefficient (Wildman–Crippen LogP) is -4.35. The van der Waals surface area contributed by atoms with Crippen LogP contribution >= 0.6 is 0 Å². The van der Waals surface area contributed by atoms with Crippen LogP contribution in [-0.4, -0.2) is 114 Å². The van der Waals surface area contributed by atoms with Crippen molar-refractivity contribution >= 4 is 32.7 Å². The van der Waals surface area contributed by atoms with Crippen LogP contribution in [0.1, 0.15) is 6.92 Å². The normalized spacial score (nSPS) is 34.6. The van der Waals surface area contributed by atoms with E-state index in [1.54, 1.807) is 0 Å². The maximum absolute atomic E-state index is 11.6. The number of carbonyl (C=O) groups is 2. The molecule has 2 heterocycles. The largest absolute Gasteiger partial charge is 0.475 e. The lowest BCUT2D eigenvalue weighted by Crippen LogP contribution is -2.67. The number of carbonyl (C=O) groups excluding carboxylic acids is 1. The Bertz CT molecular complexity index is 1010. The summed E-state index contributed by atoms with van der Waals surface area (Å²) in [7, 11) is -10.6. The second kappa shape index (κ2) is 10.7. The van der Waals surface area contributed by atoms with Gasteiger partial charge in [-0.1, -0.05) is 0 Å². The van der Waals surface area contributed by atoms with Crippen LogP contribution in [0.25, 0.3) is 0 Å². The number of ether oxygens (including phenoxy) is 3. The van der Waals surface area contributed by atoms with Crippen molar-refractivity contribution < 1.29 is 78.5 Å². The van der Waals surface area contributed by atoms with Crippen molar-refractivity contribution in [2.45, 2.75) is 56.1 Å². The van der Waals surface area contributed by atoms with Crippen molar-refractivity contribution in [2.75, 3.05) is 6.61 Å². The van der Waals surface area contributed by atoms with Gasteiger partial charge >= 0.3 is 26.8 Å². The standard InChI is InChI=1S/C14H21NO17S2/c1-4(17)15-8-11(10(32-34(25,26)27)7(3-16)28-13(8)21)30-14-9(31-33(22,23)24)5(18)2-6(29-14)12(19)20/h2,5,7-11,13-14,16,18,21H,3H2,1H3,(H,15,17)(H,19,20)(H,22,23,24)(H,25,26,27)/t5-,7+,8+,9+,10-,11+,13-,14-/m0/s1. The van der Waals surface area contributed by atoms with E-state index in [9.17, 15) is 41.7 Å². The Morgan fingerprint density at radius 3 is 2.09 bits per heavy atom. The summed E-state index contributed by atoms with van der Waals surface area (Å²) in [5.41, 5.74) is 0. The molecule has 0 aromatic heterocycles. The van der Waals surface area contributed by atoms with Gasteiger partial charge < -0.3 is 40.0 Å². The molecule has 2 aliphatic rings. The van der Waals surface area contributed by atoms with Gasteiger partial charge in [0.2, 0.25) is 18.0 Å². The minimum atomic E-state index is -5.32. The van der Waals surface area contributed by atoms with Gasteiger partial charge in [-0.05, 0) is 6.08 Å². The van der Waals surface area contributed by atoms with Gasteiger partial charge in [-0.3, -0.25) is 13.9 Å². The van der Waals surface area contributed by atoms with Gasteiger partial charge in [0.15, 0.2) is 12.4 Å². The molecule has 2 rings (SSSR count). The molecular formula is C14H21NO17S2. The minimum absolute atomic E-state index is 0.491. The molecule has 0 radical (unpaired) electrons. The van der Waals surface area contributed by atoms with Crippen molar-refractivity contribution in [3.8, 4) is 0 Å². The summed E-state index contributed by atoms with van der Waals surface area (Å²) in [4.78, 5) is 22.9. The van der Waals surface area contributed by atoms with E-state index in [2.05, 4.69) is 13.7 Å². The van der Waals surface area contributed by atoms with Crippen LogP contribution < -0.4 is 5.32 Å². The zero-order valence-corrected chi connectivity index (χ0v) is 18.5. The molecule has 7 N–H and O–H groups in total. The zero-order valence-electron chi connectivity index (χ0n) is 16.9. The topological polar surface area (TPSA) is 282 Å². The average molecular weight is 539 g/mol. The molecule has 18 nitrogen and oxygen atoms in total. The number of amides is 1. The lowest BCUT2D eigenvalue weighted by molar-refractivity contribution is -0.296. The van der Waals surface area contributed by atoms with Crippen LogP contribution in [0.15, 0.2) is 11.8 Å². The first-order valence-electron chi connectivity index (χ1n) is 9.00. The Morgan fingerprint density at radius 2 is 1.62 bits per heavy atom. The van der Waals surface area contributed by atoms with Crippen molar-refractivity contribution in [1.82, 2.24) is 5.32 Å². The molecule has 0 saturated carbocycles. The maximum atomic E-state index is 11.6. The summed E-state index contributed by atoms with van der Waals surface area (Å²) in [6.45, 7) is -0.0970. The van der Waals surface area contributed by atoms with Gasteiger partial charge in [0, 0.05) is 6.92 Å². The van der Waals surface area contributed by atoms with Crippen LogP contribution in [0.3, 0.4) is 0 Å². The molecule has 34 heavy (non-hydrogen) atoms. The monoisotopic (exact) mass is 539 g/mol. The lowest BCUT2D eigenvalue weighted by Gasteiger charge is -2.45. The predicted molar refractivity (Wildman–Crippen MR) is 99.9 cm³/mol. The minimum Gasteiger partial charge on any atom is -0.475 e. The summed E-state index contributed by atoms with van der Waals surface area (Å²) < 4.78 is 87.1. The highest BCUT2D eigenvalue weighted by atomic mass is 32.3. The summed E-state index contributed by atoms with van der Waals surface area (Å²) in [5, 5.41) is 41.1. The molecule has 0 bridgehead atoms. The number of hydrogen-bond donors (Lipinski definition) is 7. The van der Waals surface area contributed by atoms with Crippen LogP contribution in [-0.2, 0) is 53.0 Å². The first-order chi connectivity index (χ1) is 15.5. The van der Waals surface area contributed by atoms with Crippen LogP contribution in [0.4, 0.5) is 0 Å². The van der Waals surface area contributed by atoms with Crippen LogP contribution in [0.2, 0.25) is 0 Å². The number of nitrogens with one attached hydrogen (secondary N) is 1. The molecular weight excluding hydrogens is 518 g/mol. The summed E-state index contributed by atoms with van der Waals surface area (Å²) in [5.74, 6) is -3.62. The Balaban J connectivity index is 2.54. The van der Waals surface area contributed by atoms with Crippen LogP contribution in [0.5, 0.6) is 0 Å². The molecule has 0 aromatic carbocycles. The van der Waals surface area contributed by atoms with E-state index in [0.29, 0.717) is 6.08 Å². The second-order valence-corrected chi connectivity index (χ2v) is 8.96. The Kier molecular flexibility index (Phi) is 8.93. The van der Waals surface area contributed by atoms with E-state index in [0.717, 1.165) is 6.92 Å². The molecule has 0 spiro atoms. The van der Waals surface area contributed by atoms with Crippen LogP contribution in [0, 0.1) is 0 Å². The average Bonchev–Trinajstić information content (AvgIpc) is 2.66. The highest BCUT2D eigenvalue weighted by Crippen LogP contribution is 2.31. The Labute approximate surface area is 191 Å². The molecule has 0 aromatic rings. The summed E-state index contributed by atoms with van der Waals surface area (Å²) in [6.07, 6.45) is -14.0. The number of aliphatic carboxylic acids is 1. The molecule has 8 atom stereocenters. The Hall–Kier alpha value is -1.98. The van der Waals surface area contributed by atoms with E-state index in [1.807, 2.05) is 0 Å². The fourth-order valence-corrected chi connectivity index (χ4v) is 4.14. The molecule has 0 unspecified atom stereocenters. The van der Waals surface area contributed by atoms with Gasteiger partial charge in [-0.25, -0.2) is 13.2 Å². The van der Waals surface area contributed by atoms with Crippen molar-refractivity contribution in [1.29, 1.82) is 0 Å². The number of aliphatic hydroxyl groups excluding tert-OH is 3. The maximum Gasteiger partial charge on any atom is 0.397 e. The second-order valence-electron chi connectivity index (χ2n) is 6.86. The van der Waals surface area contributed by atoms with Gasteiger partial charge in [-0.2, -0.15) is 16.8 Å². The Morgan fingerprint density at radius 1 is 1.06 bits per heavy atom. The van der Waals surface area contributed by atoms with E-state index < -0.39 is 94.2 Å². The first kappa shape index (κ1) is 28.3. The van der Waals surface area contributed by atoms with E-state index in [1.165, 1.54) is 0 Å². The number of carboxylic acid groups (broad SMARTS) is 1. The molecule has 1 fully saturated rings. The van der Waals surface area contributed by atoms with Crippen molar-refractivity contribution in [2.24, 2.45) is 0 Å². The quantitative estimate of drug-likeness (QED) is 0.136. The van der Waals surface area contributed by atoms with Gasteiger partial charge in [0.25, 0.3) is 0 Å². The molecule has 1 saturated heterocycles. The summed E-state index contributed by atoms with van der Waals surface area (Å²) >= 11 is 0. The number of rotatable bonds is 9.